The van der Waals surface area contributed by atoms with E-state index in [1.54, 1.807) is 0 Å². The molecule has 2 fully saturated rings. The average molecular weight is 278 g/mol. The lowest BCUT2D eigenvalue weighted by atomic mass is 9.97. The highest BCUT2D eigenvalue weighted by molar-refractivity contribution is 7.12. The van der Waals surface area contributed by atoms with E-state index in [2.05, 4.69) is 36.2 Å². The van der Waals surface area contributed by atoms with E-state index in [0.717, 1.165) is 18.5 Å². The molecule has 3 atom stereocenters. The Labute approximate surface area is 121 Å². The van der Waals surface area contributed by atoms with Gasteiger partial charge in [0.05, 0.1) is 0 Å². The van der Waals surface area contributed by atoms with Gasteiger partial charge in [0.2, 0.25) is 0 Å². The van der Waals surface area contributed by atoms with Gasteiger partial charge in [0.15, 0.2) is 0 Å². The predicted molar refractivity (Wildman–Crippen MR) is 82.9 cm³/mol. The van der Waals surface area contributed by atoms with Crippen LogP contribution in [0.1, 0.15) is 55.3 Å². The van der Waals surface area contributed by atoms with Gasteiger partial charge >= 0.3 is 0 Å². The van der Waals surface area contributed by atoms with E-state index in [1.807, 2.05) is 11.3 Å². The summed E-state index contributed by atoms with van der Waals surface area (Å²) in [4.78, 5) is 5.71. The molecule has 106 valence electrons. The van der Waals surface area contributed by atoms with Crippen molar-refractivity contribution in [3.8, 4) is 0 Å². The molecule has 2 saturated heterocycles. The molecule has 0 amide bonds. The number of aryl methyl sites for hydroxylation is 1. The summed E-state index contributed by atoms with van der Waals surface area (Å²) in [7, 11) is 0. The fourth-order valence-corrected chi connectivity index (χ4v) is 4.59. The second-order valence-electron chi connectivity index (χ2n) is 6.10. The predicted octanol–water partition coefficient (Wildman–Crippen LogP) is 3.59. The minimum absolute atomic E-state index is 0.517. The van der Waals surface area contributed by atoms with E-state index in [1.165, 1.54) is 48.5 Å². The monoisotopic (exact) mass is 278 g/mol. The Morgan fingerprint density at radius 3 is 3.05 bits per heavy atom. The van der Waals surface area contributed by atoms with E-state index in [0.29, 0.717) is 6.04 Å². The van der Waals surface area contributed by atoms with Gasteiger partial charge in [0, 0.05) is 27.9 Å². The molecule has 3 heteroatoms. The molecular formula is C16H26N2S. The third kappa shape index (κ3) is 3.04. The number of hydrogen-bond donors (Lipinski definition) is 1. The largest absolute Gasteiger partial charge is 0.307 e. The van der Waals surface area contributed by atoms with Crippen LogP contribution in [0.2, 0.25) is 0 Å². The molecule has 3 heterocycles. The van der Waals surface area contributed by atoms with Crippen LogP contribution in [0.4, 0.5) is 0 Å². The molecule has 0 aliphatic carbocycles. The third-order valence-electron chi connectivity index (χ3n) is 4.76. The summed E-state index contributed by atoms with van der Waals surface area (Å²) in [6, 6.07) is 6.71. The van der Waals surface area contributed by atoms with Gasteiger partial charge in [-0.1, -0.05) is 6.92 Å². The summed E-state index contributed by atoms with van der Waals surface area (Å²) in [5, 5.41) is 3.87. The molecule has 0 saturated carbocycles. The number of fused-ring (bicyclic) bond motifs is 1. The normalized spacial score (nSPS) is 29.4. The molecule has 1 N–H and O–H groups in total. The SMILES string of the molecule is CCc1ccc(C(C)NC2CCN3CCCC3C2)s1. The van der Waals surface area contributed by atoms with Crippen LogP contribution in [-0.4, -0.2) is 30.1 Å². The van der Waals surface area contributed by atoms with E-state index >= 15 is 0 Å². The number of thiophene rings is 1. The number of nitrogens with one attached hydrogen (secondary N) is 1. The highest BCUT2D eigenvalue weighted by Gasteiger charge is 2.32. The van der Waals surface area contributed by atoms with Crippen LogP contribution in [0.25, 0.3) is 0 Å². The summed E-state index contributed by atoms with van der Waals surface area (Å²) in [6.45, 7) is 7.22. The smallest absolute Gasteiger partial charge is 0.0388 e. The Morgan fingerprint density at radius 1 is 1.37 bits per heavy atom. The first-order valence-corrected chi connectivity index (χ1v) is 8.66. The van der Waals surface area contributed by atoms with Crippen molar-refractivity contribution in [1.82, 2.24) is 10.2 Å². The molecule has 19 heavy (non-hydrogen) atoms. The number of nitrogens with zero attached hydrogens (tertiary/aromatic N) is 1. The van der Waals surface area contributed by atoms with Gasteiger partial charge in [-0.15, -0.1) is 11.3 Å². The summed E-state index contributed by atoms with van der Waals surface area (Å²) in [6.07, 6.45) is 6.68. The van der Waals surface area contributed by atoms with Gasteiger partial charge in [-0.2, -0.15) is 0 Å². The van der Waals surface area contributed by atoms with Gasteiger partial charge in [0.1, 0.15) is 0 Å². The fraction of sp³-hybridized carbons (Fsp3) is 0.750. The van der Waals surface area contributed by atoms with Crippen LogP contribution in [0.3, 0.4) is 0 Å². The number of piperidine rings is 1. The van der Waals surface area contributed by atoms with Crippen molar-refractivity contribution in [2.24, 2.45) is 0 Å². The molecule has 3 rings (SSSR count). The van der Waals surface area contributed by atoms with E-state index in [-0.39, 0.29) is 0 Å². The standard InChI is InChI=1S/C16H26N2S/c1-3-15-6-7-16(19-15)12(2)17-13-8-10-18-9-4-5-14(18)11-13/h6-7,12-14,17H,3-5,8-11H2,1-2H3. The lowest BCUT2D eigenvalue weighted by Gasteiger charge is -2.36. The van der Waals surface area contributed by atoms with Gasteiger partial charge in [-0.05, 0) is 64.3 Å². The zero-order valence-electron chi connectivity index (χ0n) is 12.2. The van der Waals surface area contributed by atoms with E-state index in [4.69, 9.17) is 0 Å². The van der Waals surface area contributed by atoms with Crippen molar-refractivity contribution in [3.63, 3.8) is 0 Å². The molecule has 0 bridgehead atoms. The summed E-state index contributed by atoms with van der Waals surface area (Å²) in [5.41, 5.74) is 0. The summed E-state index contributed by atoms with van der Waals surface area (Å²) in [5.74, 6) is 0. The first kappa shape index (κ1) is 13.6. The van der Waals surface area contributed by atoms with Crippen LogP contribution < -0.4 is 5.32 Å². The molecule has 2 aliphatic rings. The van der Waals surface area contributed by atoms with Crippen LogP contribution in [-0.2, 0) is 6.42 Å². The summed E-state index contributed by atoms with van der Waals surface area (Å²) < 4.78 is 0. The zero-order valence-corrected chi connectivity index (χ0v) is 13.0. The van der Waals surface area contributed by atoms with Gasteiger partial charge < -0.3 is 10.2 Å². The molecule has 1 aromatic heterocycles. The lowest BCUT2D eigenvalue weighted by Crippen LogP contribution is -2.46. The number of rotatable bonds is 4. The Balaban J connectivity index is 1.55. The van der Waals surface area contributed by atoms with Crippen molar-refractivity contribution in [3.05, 3.63) is 21.9 Å². The molecule has 0 aromatic carbocycles. The zero-order chi connectivity index (χ0) is 13.2. The minimum atomic E-state index is 0.517. The average Bonchev–Trinajstić information content (AvgIpc) is 3.06. The van der Waals surface area contributed by atoms with Crippen LogP contribution >= 0.6 is 11.3 Å². The molecule has 0 spiro atoms. The van der Waals surface area contributed by atoms with E-state index < -0.39 is 0 Å². The van der Waals surface area contributed by atoms with E-state index in [9.17, 15) is 0 Å². The molecule has 2 aliphatic heterocycles. The maximum Gasteiger partial charge on any atom is 0.0388 e. The first-order valence-electron chi connectivity index (χ1n) is 7.85. The fourth-order valence-electron chi connectivity index (χ4n) is 3.63. The Hall–Kier alpha value is -0.380. The summed E-state index contributed by atoms with van der Waals surface area (Å²) >= 11 is 1.98. The van der Waals surface area contributed by atoms with Gasteiger partial charge in [0.25, 0.3) is 0 Å². The Bertz CT molecular complexity index is 415. The van der Waals surface area contributed by atoms with Crippen LogP contribution in [0, 0.1) is 0 Å². The van der Waals surface area contributed by atoms with Crippen LogP contribution in [0.15, 0.2) is 12.1 Å². The topological polar surface area (TPSA) is 15.3 Å². The quantitative estimate of drug-likeness (QED) is 0.905. The third-order valence-corrected chi connectivity index (χ3v) is 6.18. The first-order chi connectivity index (χ1) is 9.26. The van der Waals surface area contributed by atoms with Crippen molar-refractivity contribution >= 4 is 11.3 Å². The van der Waals surface area contributed by atoms with Crippen LogP contribution in [0.5, 0.6) is 0 Å². The van der Waals surface area contributed by atoms with Gasteiger partial charge in [-0.25, -0.2) is 0 Å². The highest BCUT2D eigenvalue weighted by Crippen LogP contribution is 2.29. The Kier molecular flexibility index (Phi) is 4.25. The molecular weight excluding hydrogens is 252 g/mol. The lowest BCUT2D eigenvalue weighted by molar-refractivity contribution is 0.162. The maximum atomic E-state index is 3.87. The Morgan fingerprint density at radius 2 is 2.26 bits per heavy atom. The second kappa shape index (κ2) is 5.94. The highest BCUT2D eigenvalue weighted by atomic mass is 32.1. The molecule has 3 unspecified atom stereocenters. The van der Waals surface area contributed by atoms with Crippen molar-refractivity contribution in [2.45, 2.75) is 64.1 Å². The number of hydrogen-bond acceptors (Lipinski definition) is 3. The van der Waals surface area contributed by atoms with Gasteiger partial charge in [-0.3, -0.25) is 0 Å². The maximum absolute atomic E-state index is 3.87. The molecule has 0 radical (unpaired) electrons. The van der Waals surface area contributed by atoms with Crippen molar-refractivity contribution in [1.29, 1.82) is 0 Å². The van der Waals surface area contributed by atoms with Crippen molar-refractivity contribution in [2.75, 3.05) is 13.1 Å². The second-order valence-corrected chi connectivity index (χ2v) is 7.30. The molecule has 1 aromatic rings. The minimum Gasteiger partial charge on any atom is -0.307 e. The molecule has 2 nitrogen and oxygen atoms in total. The van der Waals surface area contributed by atoms with Crippen molar-refractivity contribution < 1.29 is 0 Å².